The molecule has 1 N–H and O–H groups in total. The number of aryl methyl sites for hydroxylation is 1. The van der Waals surface area contributed by atoms with E-state index in [1.165, 1.54) is 0 Å². The third kappa shape index (κ3) is 5.59. The number of amides is 1. The van der Waals surface area contributed by atoms with E-state index >= 15 is 0 Å². The molecule has 10 heteroatoms. The predicted molar refractivity (Wildman–Crippen MR) is 140 cm³/mol. The first-order valence-electron chi connectivity index (χ1n) is 11.7. The maximum absolute atomic E-state index is 11.8. The van der Waals surface area contributed by atoms with Crippen LogP contribution in [0, 0.1) is 0 Å². The van der Waals surface area contributed by atoms with Gasteiger partial charge in [0.1, 0.15) is 17.3 Å². The zero-order chi connectivity index (χ0) is 24.9. The molecule has 186 valence electrons. The van der Waals surface area contributed by atoms with Crippen LogP contribution in [0.1, 0.15) is 0 Å². The number of halogens is 1. The second-order valence-corrected chi connectivity index (χ2v) is 8.92. The minimum atomic E-state index is 0.545. The van der Waals surface area contributed by atoms with Crippen LogP contribution >= 0.6 is 11.6 Å². The lowest BCUT2D eigenvalue weighted by atomic mass is 10.3. The number of nitrogens with one attached hydrogen (secondary N) is 1. The Morgan fingerprint density at radius 3 is 2.67 bits per heavy atom. The number of anilines is 3. The average Bonchev–Trinajstić information content (AvgIpc) is 3.21. The van der Waals surface area contributed by atoms with Gasteiger partial charge in [-0.2, -0.15) is 0 Å². The van der Waals surface area contributed by atoms with E-state index in [4.69, 9.17) is 26.1 Å². The van der Waals surface area contributed by atoms with Crippen LogP contribution in [0.3, 0.4) is 0 Å². The van der Waals surface area contributed by atoms with Gasteiger partial charge >= 0.3 is 0 Å². The van der Waals surface area contributed by atoms with E-state index in [9.17, 15) is 4.79 Å². The smallest absolute Gasteiger partial charge is 0.215 e. The Labute approximate surface area is 214 Å². The highest BCUT2D eigenvalue weighted by Gasteiger charge is 2.15. The fourth-order valence-electron chi connectivity index (χ4n) is 4.07. The molecule has 1 aliphatic heterocycles. The first kappa shape index (κ1) is 24.1. The fourth-order valence-corrected chi connectivity index (χ4v) is 4.19. The molecule has 0 unspecified atom stereocenters. The van der Waals surface area contributed by atoms with Crippen LogP contribution < -0.4 is 15.0 Å². The zero-order valence-corrected chi connectivity index (χ0v) is 20.7. The second-order valence-electron chi connectivity index (χ2n) is 8.48. The van der Waals surface area contributed by atoms with Gasteiger partial charge in [0.05, 0.1) is 24.2 Å². The molecule has 0 aliphatic carbocycles. The third-order valence-electron chi connectivity index (χ3n) is 6.09. The van der Waals surface area contributed by atoms with Crippen molar-refractivity contribution in [2.24, 2.45) is 7.05 Å². The number of ether oxygens (including phenoxy) is 2. The van der Waals surface area contributed by atoms with E-state index < -0.39 is 0 Å². The lowest BCUT2D eigenvalue weighted by molar-refractivity contribution is -0.107. The molecule has 0 atom stereocenters. The maximum Gasteiger partial charge on any atom is 0.215 e. The first-order valence-corrected chi connectivity index (χ1v) is 12.1. The predicted octanol–water partition coefficient (Wildman–Crippen LogP) is 4.45. The fraction of sp³-hybridized carbons (Fsp3) is 0.269. The van der Waals surface area contributed by atoms with Gasteiger partial charge in [-0.05, 0) is 42.5 Å². The van der Waals surface area contributed by atoms with E-state index in [0.29, 0.717) is 34.8 Å². The standard InChI is InChI=1S/C26H27ClN6O3/c1-31-24-7-6-21(16-23(24)30-26(31)29-20-4-2-19(27)3-5-20)36-22-8-9-28-25(17-22)33(18-34)11-10-32-12-14-35-15-13-32/h2-9,16-18H,10-15H2,1H3,(H,29,30). The van der Waals surface area contributed by atoms with E-state index in [0.717, 1.165) is 56.0 Å². The molecule has 5 rings (SSSR count). The lowest BCUT2D eigenvalue weighted by Crippen LogP contribution is -2.41. The highest BCUT2D eigenvalue weighted by molar-refractivity contribution is 6.30. The number of benzene rings is 2. The van der Waals surface area contributed by atoms with Crippen molar-refractivity contribution in [3.63, 3.8) is 0 Å². The Hall–Kier alpha value is -3.66. The van der Waals surface area contributed by atoms with E-state index in [1.54, 1.807) is 23.2 Å². The summed E-state index contributed by atoms with van der Waals surface area (Å²) < 4.78 is 13.5. The summed E-state index contributed by atoms with van der Waals surface area (Å²) in [6.45, 7) is 4.50. The number of morpholine rings is 1. The second kappa shape index (κ2) is 10.9. The van der Waals surface area contributed by atoms with Crippen molar-refractivity contribution >= 4 is 46.5 Å². The van der Waals surface area contributed by atoms with Crippen LogP contribution in [0.2, 0.25) is 5.02 Å². The summed E-state index contributed by atoms with van der Waals surface area (Å²) in [5.74, 6) is 2.48. The number of aromatic nitrogens is 3. The van der Waals surface area contributed by atoms with Crippen LogP contribution in [-0.2, 0) is 16.6 Å². The highest BCUT2D eigenvalue weighted by atomic mass is 35.5. The number of hydrogen-bond donors (Lipinski definition) is 1. The van der Waals surface area contributed by atoms with Gasteiger partial charge in [0, 0.05) is 62.3 Å². The number of carbonyl (C=O) groups is 1. The molecule has 2 aromatic heterocycles. The molecule has 3 heterocycles. The molecule has 1 saturated heterocycles. The van der Waals surface area contributed by atoms with Gasteiger partial charge in [0.25, 0.3) is 0 Å². The van der Waals surface area contributed by atoms with E-state index in [1.807, 2.05) is 54.1 Å². The normalized spacial score (nSPS) is 14.1. The van der Waals surface area contributed by atoms with Gasteiger partial charge in [-0.25, -0.2) is 9.97 Å². The number of rotatable bonds is 9. The molecular formula is C26H27ClN6O3. The summed E-state index contributed by atoms with van der Waals surface area (Å²) in [6.07, 6.45) is 2.45. The van der Waals surface area contributed by atoms with Crippen molar-refractivity contribution in [3.8, 4) is 11.5 Å². The van der Waals surface area contributed by atoms with Crippen molar-refractivity contribution in [3.05, 3.63) is 65.8 Å². The largest absolute Gasteiger partial charge is 0.457 e. The van der Waals surface area contributed by atoms with Crippen molar-refractivity contribution in [1.29, 1.82) is 0 Å². The highest BCUT2D eigenvalue weighted by Crippen LogP contribution is 2.29. The molecule has 4 aromatic rings. The lowest BCUT2D eigenvalue weighted by Gasteiger charge is -2.28. The van der Waals surface area contributed by atoms with Crippen LogP contribution in [-0.4, -0.2) is 65.2 Å². The Kier molecular flexibility index (Phi) is 7.31. The molecule has 0 spiro atoms. The first-order chi connectivity index (χ1) is 17.6. The minimum Gasteiger partial charge on any atom is -0.457 e. The molecule has 36 heavy (non-hydrogen) atoms. The summed E-state index contributed by atoms with van der Waals surface area (Å²) in [5, 5.41) is 4.00. The summed E-state index contributed by atoms with van der Waals surface area (Å²) in [6, 6.07) is 16.7. The molecule has 0 radical (unpaired) electrons. The van der Waals surface area contributed by atoms with E-state index in [2.05, 4.69) is 15.2 Å². The molecule has 1 fully saturated rings. The molecule has 2 aromatic carbocycles. The molecule has 0 saturated carbocycles. The number of pyridine rings is 1. The van der Waals surface area contributed by atoms with Crippen LogP contribution in [0.25, 0.3) is 11.0 Å². The van der Waals surface area contributed by atoms with Crippen molar-refractivity contribution in [2.75, 3.05) is 49.6 Å². The van der Waals surface area contributed by atoms with Crippen LogP contribution in [0.5, 0.6) is 11.5 Å². The van der Waals surface area contributed by atoms with Gasteiger partial charge < -0.3 is 19.4 Å². The number of hydrogen-bond acceptors (Lipinski definition) is 7. The van der Waals surface area contributed by atoms with Crippen molar-refractivity contribution in [2.45, 2.75) is 0 Å². The quantitative estimate of drug-likeness (QED) is 0.336. The molecule has 9 nitrogen and oxygen atoms in total. The van der Waals surface area contributed by atoms with E-state index in [-0.39, 0.29) is 0 Å². The molecular weight excluding hydrogens is 480 g/mol. The molecule has 1 aliphatic rings. The molecule has 1 amide bonds. The summed E-state index contributed by atoms with van der Waals surface area (Å²) in [7, 11) is 1.95. The molecule has 0 bridgehead atoms. The van der Waals surface area contributed by atoms with Gasteiger partial charge in [-0.15, -0.1) is 0 Å². The number of nitrogens with zero attached hydrogens (tertiary/aromatic N) is 5. The Morgan fingerprint density at radius 1 is 1.11 bits per heavy atom. The van der Waals surface area contributed by atoms with Crippen molar-refractivity contribution < 1.29 is 14.3 Å². The average molecular weight is 507 g/mol. The zero-order valence-electron chi connectivity index (χ0n) is 19.9. The summed E-state index contributed by atoms with van der Waals surface area (Å²) >= 11 is 5.98. The van der Waals surface area contributed by atoms with Crippen LogP contribution in [0.4, 0.5) is 17.5 Å². The monoisotopic (exact) mass is 506 g/mol. The summed E-state index contributed by atoms with van der Waals surface area (Å²) in [5.41, 5.74) is 2.65. The van der Waals surface area contributed by atoms with Gasteiger partial charge in [0.15, 0.2) is 0 Å². The van der Waals surface area contributed by atoms with Gasteiger partial charge in [0.2, 0.25) is 12.4 Å². The number of fused-ring (bicyclic) bond motifs is 1. The number of imidazole rings is 1. The van der Waals surface area contributed by atoms with Crippen molar-refractivity contribution in [1.82, 2.24) is 19.4 Å². The Bertz CT molecular complexity index is 1340. The van der Waals surface area contributed by atoms with Crippen LogP contribution in [0.15, 0.2) is 60.8 Å². The third-order valence-corrected chi connectivity index (χ3v) is 6.34. The van der Waals surface area contributed by atoms with Gasteiger partial charge in [-0.1, -0.05) is 11.6 Å². The van der Waals surface area contributed by atoms with Gasteiger partial charge in [-0.3, -0.25) is 14.6 Å². The maximum atomic E-state index is 11.8. The summed E-state index contributed by atoms with van der Waals surface area (Å²) in [4.78, 5) is 24.7. The SMILES string of the molecule is Cn1c(Nc2ccc(Cl)cc2)nc2cc(Oc3ccnc(N(C=O)CCN4CCOCC4)c3)ccc21. The topological polar surface area (TPSA) is 84.8 Å². The number of carbonyl (C=O) groups excluding carboxylic acids is 1. The minimum absolute atomic E-state index is 0.545. The Morgan fingerprint density at radius 2 is 1.89 bits per heavy atom. The Balaban J connectivity index is 1.29.